The molecule has 0 aliphatic rings. The lowest BCUT2D eigenvalue weighted by molar-refractivity contribution is 0.102. The van der Waals surface area contributed by atoms with Gasteiger partial charge in [0.1, 0.15) is 5.75 Å². The van der Waals surface area contributed by atoms with Crippen LogP contribution in [-0.2, 0) is 19.4 Å². The van der Waals surface area contributed by atoms with Crippen LogP contribution in [0.5, 0.6) is 5.75 Å². The van der Waals surface area contributed by atoms with Gasteiger partial charge in [0.2, 0.25) is 5.95 Å². The van der Waals surface area contributed by atoms with E-state index in [1.54, 1.807) is 7.11 Å². The highest BCUT2D eigenvalue weighted by atomic mass is 16.5. The van der Waals surface area contributed by atoms with Crippen LogP contribution >= 0.6 is 0 Å². The normalized spacial score (nSPS) is 11.0. The average Bonchev–Trinajstić information content (AvgIpc) is 3.19. The summed E-state index contributed by atoms with van der Waals surface area (Å²) in [6.07, 6.45) is 6.55. The minimum absolute atomic E-state index is 0.128. The van der Waals surface area contributed by atoms with Crippen LogP contribution in [-0.4, -0.2) is 22.6 Å². The number of ether oxygens (including phenoxy) is 1. The van der Waals surface area contributed by atoms with Crippen LogP contribution < -0.4 is 15.8 Å². The Morgan fingerprint density at radius 2 is 1.63 bits per heavy atom. The number of aryl methyl sites for hydroxylation is 3. The molecule has 0 atom stereocenters. The molecule has 0 radical (unpaired) electrons. The van der Waals surface area contributed by atoms with Gasteiger partial charge in [-0.25, -0.2) is 4.98 Å². The summed E-state index contributed by atoms with van der Waals surface area (Å²) in [7, 11) is 1.67. The summed E-state index contributed by atoms with van der Waals surface area (Å²) in [5.74, 6) is 1.22. The number of nitrogens with one attached hydrogen (secondary N) is 1. The summed E-state index contributed by atoms with van der Waals surface area (Å²) in [6, 6.07) is 21.8. The molecule has 0 unspecified atom stereocenters. The molecule has 6 heteroatoms. The molecule has 0 aliphatic carbocycles. The van der Waals surface area contributed by atoms with Crippen molar-refractivity contribution >= 4 is 28.6 Å². The van der Waals surface area contributed by atoms with E-state index in [9.17, 15) is 4.79 Å². The maximum atomic E-state index is 12.7. The van der Waals surface area contributed by atoms with Crippen LogP contribution in [0.2, 0.25) is 0 Å². The lowest BCUT2D eigenvalue weighted by Gasteiger charge is -2.09. The van der Waals surface area contributed by atoms with E-state index in [1.807, 2.05) is 59.2 Å². The van der Waals surface area contributed by atoms with E-state index in [-0.39, 0.29) is 5.91 Å². The second-order valence-electron chi connectivity index (χ2n) is 8.88. The van der Waals surface area contributed by atoms with Gasteiger partial charge < -0.3 is 20.4 Å². The number of amides is 1. The van der Waals surface area contributed by atoms with Gasteiger partial charge in [0.05, 0.1) is 18.1 Å². The minimum atomic E-state index is -0.128. The molecule has 0 saturated heterocycles. The maximum Gasteiger partial charge on any atom is 0.255 e. The van der Waals surface area contributed by atoms with Gasteiger partial charge in [0.25, 0.3) is 5.91 Å². The predicted octanol–water partition coefficient (Wildman–Crippen LogP) is 6.24. The number of hydrogen-bond acceptors (Lipinski definition) is 4. The number of methoxy groups -OCH3 is 1. The highest BCUT2D eigenvalue weighted by Gasteiger charge is 2.11. The molecule has 0 bridgehead atoms. The van der Waals surface area contributed by atoms with Crippen LogP contribution in [0.25, 0.3) is 11.0 Å². The van der Waals surface area contributed by atoms with Crippen molar-refractivity contribution in [1.29, 1.82) is 0 Å². The van der Waals surface area contributed by atoms with Gasteiger partial charge in [-0.2, -0.15) is 0 Å². The number of nitrogen functional groups attached to an aromatic ring is 1. The number of fused-ring (bicyclic) bond motifs is 1. The Labute approximate surface area is 207 Å². The second kappa shape index (κ2) is 11.6. The van der Waals surface area contributed by atoms with Crippen LogP contribution in [0.1, 0.15) is 54.1 Å². The number of rotatable bonds is 11. The van der Waals surface area contributed by atoms with Crippen molar-refractivity contribution in [2.24, 2.45) is 0 Å². The van der Waals surface area contributed by atoms with Crippen molar-refractivity contribution in [3.05, 3.63) is 83.4 Å². The van der Waals surface area contributed by atoms with Crippen LogP contribution in [0.3, 0.4) is 0 Å². The Hall–Kier alpha value is -3.80. The second-order valence-corrected chi connectivity index (χ2v) is 8.88. The lowest BCUT2D eigenvalue weighted by atomic mass is 10.1. The number of nitrogens with two attached hydrogens (primary N) is 1. The number of nitrogens with zero attached hydrogens (tertiary/aromatic N) is 2. The van der Waals surface area contributed by atoms with Gasteiger partial charge in [0.15, 0.2) is 0 Å². The van der Waals surface area contributed by atoms with Crippen LogP contribution in [0, 0.1) is 0 Å². The van der Waals surface area contributed by atoms with E-state index in [1.165, 1.54) is 30.4 Å². The Bertz CT molecular complexity index is 1260. The molecule has 0 spiro atoms. The summed E-state index contributed by atoms with van der Waals surface area (Å²) in [5.41, 5.74) is 11.8. The molecular weight excluding hydrogens is 436 g/mol. The molecule has 3 aromatic carbocycles. The quantitative estimate of drug-likeness (QED) is 0.254. The molecule has 0 saturated carbocycles. The number of carbonyl (C=O) groups excluding carboxylic acids is 1. The number of hydrogen-bond donors (Lipinski definition) is 2. The van der Waals surface area contributed by atoms with E-state index in [2.05, 4.69) is 29.4 Å². The summed E-state index contributed by atoms with van der Waals surface area (Å²) in [5, 5.41) is 2.99. The van der Waals surface area contributed by atoms with Crippen molar-refractivity contribution in [3.8, 4) is 5.75 Å². The van der Waals surface area contributed by atoms with Gasteiger partial charge in [-0.15, -0.1) is 0 Å². The number of anilines is 2. The summed E-state index contributed by atoms with van der Waals surface area (Å²) in [4.78, 5) is 17.3. The molecule has 0 aliphatic heterocycles. The highest BCUT2D eigenvalue weighted by molar-refractivity contribution is 6.05. The Balaban J connectivity index is 1.37. The third-order valence-electron chi connectivity index (χ3n) is 6.33. The van der Waals surface area contributed by atoms with Gasteiger partial charge in [-0.1, -0.05) is 44.0 Å². The summed E-state index contributed by atoms with van der Waals surface area (Å²) < 4.78 is 7.25. The molecule has 35 heavy (non-hydrogen) atoms. The first-order valence-corrected chi connectivity index (χ1v) is 12.4. The van der Waals surface area contributed by atoms with Crippen molar-refractivity contribution in [1.82, 2.24) is 9.55 Å². The largest absolute Gasteiger partial charge is 0.497 e. The Morgan fingerprint density at radius 3 is 2.31 bits per heavy atom. The maximum absolute atomic E-state index is 12.7. The van der Waals surface area contributed by atoms with Crippen molar-refractivity contribution < 1.29 is 9.53 Å². The third kappa shape index (κ3) is 6.21. The van der Waals surface area contributed by atoms with E-state index >= 15 is 0 Å². The molecule has 0 fully saturated rings. The number of benzene rings is 3. The first-order chi connectivity index (χ1) is 17.1. The predicted molar refractivity (Wildman–Crippen MR) is 143 cm³/mol. The molecular formula is C29H34N4O2. The smallest absolute Gasteiger partial charge is 0.255 e. The number of unbranched alkanes of at least 4 members (excludes halogenated alkanes) is 2. The number of aromatic nitrogens is 2. The van der Waals surface area contributed by atoms with Gasteiger partial charge in [-0.05, 0) is 79.3 Å². The Kier molecular flexibility index (Phi) is 8.03. The van der Waals surface area contributed by atoms with Crippen LogP contribution in [0.15, 0.2) is 66.7 Å². The van der Waals surface area contributed by atoms with Crippen LogP contribution in [0.4, 0.5) is 11.6 Å². The lowest BCUT2D eigenvalue weighted by Crippen LogP contribution is -2.11. The standard InChI is InChI=1S/C29H34N4O2/c1-3-4-5-7-21-9-13-23(14-10-21)28(34)31-24-15-18-27-26(20-24)32-29(30)33(27)19-6-8-22-11-16-25(35-2)17-12-22/h9-18,20H,3-8,19H2,1-2H3,(H2,30,32)(H,31,34). The molecule has 1 amide bonds. The zero-order valence-corrected chi connectivity index (χ0v) is 20.6. The minimum Gasteiger partial charge on any atom is -0.497 e. The van der Waals surface area contributed by atoms with Crippen molar-refractivity contribution in [2.75, 3.05) is 18.2 Å². The SMILES string of the molecule is CCCCCc1ccc(C(=O)Nc2ccc3c(c2)nc(N)n3CCCc2ccc(OC)cc2)cc1. The molecule has 1 aromatic heterocycles. The van der Waals surface area contributed by atoms with Gasteiger partial charge >= 0.3 is 0 Å². The average molecular weight is 471 g/mol. The molecule has 4 rings (SSSR count). The van der Waals surface area contributed by atoms with E-state index in [0.29, 0.717) is 17.2 Å². The van der Waals surface area contributed by atoms with E-state index in [4.69, 9.17) is 10.5 Å². The number of imidazole rings is 1. The van der Waals surface area contributed by atoms with Gasteiger partial charge in [0, 0.05) is 17.8 Å². The zero-order chi connectivity index (χ0) is 24.6. The molecule has 3 N–H and O–H groups in total. The van der Waals surface area contributed by atoms with Gasteiger partial charge in [-0.3, -0.25) is 4.79 Å². The third-order valence-corrected chi connectivity index (χ3v) is 6.33. The summed E-state index contributed by atoms with van der Waals surface area (Å²) >= 11 is 0. The molecule has 1 heterocycles. The fraction of sp³-hybridized carbons (Fsp3) is 0.310. The first kappa shape index (κ1) is 24.3. The summed E-state index contributed by atoms with van der Waals surface area (Å²) in [6.45, 7) is 2.97. The molecule has 182 valence electrons. The fourth-order valence-electron chi connectivity index (χ4n) is 4.30. The topological polar surface area (TPSA) is 82.2 Å². The number of carbonyl (C=O) groups is 1. The van der Waals surface area contributed by atoms with E-state index in [0.717, 1.165) is 42.6 Å². The Morgan fingerprint density at radius 1 is 0.943 bits per heavy atom. The van der Waals surface area contributed by atoms with Crippen molar-refractivity contribution in [2.45, 2.75) is 52.0 Å². The monoisotopic (exact) mass is 470 g/mol. The van der Waals surface area contributed by atoms with Crippen molar-refractivity contribution in [3.63, 3.8) is 0 Å². The fourth-order valence-corrected chi connectivity index (χ4v) is 4.30. The first-order valence-electron chi connectivity index (χ1n) is 12.4. The highest BCUT2D eigenvalue weighted by Crippen LogP contribution is 2.23. The van der Waals surface area contributed by atoms with E-state index < -0.39 is 0 Å². The molecule has 4 aromatic rings. The molecule has 6 nitrogen and oxygen atoms in total. The zero-order valence-electron chi connectivity index (χ0n) is 20.6.